The van der Waals surface area contributed by atoms with Gasteiger partial charge in [0.15, 0.2) is 0 Å². The molecule has 0 saturated carbocycles. The van der Waals surface area contributed by atoms with Crippen molar-refractivity contribution in [2.24, 2.45) is 0 Å². The van der Waals surface area contributed by atoms with Gasteiger partial charge >= 0.3 is 0 Å². The molecule has 1 aromatic carbocycles. The van der Waals surface area contributed by atoms with Gasteiger partial charge in [-0.25, -0.2) is 0 Å². The molecule has 0 aliphatic rings. The highest BCUT2D eigenvalue weighted by Crippen LogP contribution is 2.18. The zero-order valence-electron chi connectivity index (χ0n) is 8.53. The number of carbonyl (C=O) groups is 1. The third-order valence-corrected chi connectivity index (χ3v) is 3.72. The summed E-state index contributed by atoms with van der Waals surface area (Å²) < 4.78 is 5.05. The molecule has 0 unspecified atom stereocenters. The van der Waals surface area contributed by atoms with Gasteiger partial charge in [-0.05, 0) is 59.2 Å². The number of aromatic nitrogens is 1. The fourth-order valence-electron chi connectivity index (χ4n) is 1.25. The predicted octanol–water partition coefficient (Wildman–Crippen LogP) is 3.31. The van der Waals surface area contributed by atoms with Crippen LogP contribution in [-0.4, -0.2) is 10.3 Å². The van der Waals surface area contributed by atoms with Crippen LogP contribution in [0.5, 0.6) is 0 Å². The van der Waals surface area contributed by atoms with E-state index in [2.05, 4.69) is 32.3 Å². The maximum Gasteiger partial charge on any atom is 0.257 e. The van der Waals surface area contributed by atoms with Crippen molar-refractivity contribution in [3.63, 3.8) is 0 Å². The van der Waals surface area contributed by atoms with E-state index in [4.69, 9.17) is 0 Å². The average Bonchev–Trinajstić information content (AvgIpc) is 2.64. The van der Waals surface area contributed by atoms with E-state index in [-0.39, 0.29) is 5.91 Å². The number of aryl methyl sites for hydroxylation is 1. The second kappa shape index (κ2) is 4.92. The Hall–Kier alpha value is -0.950. The molecule has 1 amide bonds. The van der Waals surface area contributed by atoms with E-state index >= 15 is 0 Å². The lowest BCUT2D eigenvalue weighted by Gasteiger charge is -2.03. The number of nitrogens with zero attached hydrogens (tertiary/aromatic N) is 1. The van der Waals surface area contributed by atoms with Gasteiger partial charge in [0, 0.05) is 3.57 Å². The maximum atomic E-state index is 11.9. The number of carbonyl (C=O) groups excluding carboxylic acids is 1. The third-order valence-electron chi connectivity index (χ3n) is 1.98. The Labute approximate surface area is 111 Å². The summed E-state index contributed by atoms with van der Waals surface area (Å²) in [6.07, 6.45) is 0. The van der Waals surface area contributed by atoms with Crippen LogP contribution in [0.25, 0.3) is 0 Å². The molecule has 3 nitrogen and oxygen atoms in total. The quantitative estimate of drug-likeness (QED) is 0.850. The fraction of sp³-hybridized carbons (Fsp3) is 0.0909. The van der Waals surface area contributed by atoms with Crippen molar-refractivity contribution >= 4 is 45.0 Å². The van der Waals surface area contributed by atoms with Crippen molar-refractivity contribution < 1.29 is 4.79 Å². The average molecular weight is 344 g/mol. The Morgan fingerprint density at radius 3 is 2.81 bits per heavy atom. The largest absolute Gasteiger partial charge is 0.312 e. The van der Waals surface area contributed by atoms with E-state index in [0.717, 1.165) is 14.3 Å². The lowest BCUT2D eigenvalue weighted by atomic mass is 10.2. The molecular formula is C11H9IN2OS. The number of anilines is 1. The normalized spacial score (nSPS) is 10.1. The minimum Gasteiger partial charge on any atom is -0.312 e. The molecule has 2 rings (SSSR count). The molecule has 0 aliphatic carbocycles. The first-order valence-corrected chi connectivity index (χ1v) is 6.51. The first kappa shape index (κ1) is 11.5. The standard InChI is InChI=1S/C11H9IN2OS/c1-7-6-10(16-14-7)13-11(15)8-4-2-3-5-9(8)12/h2-6H,1H3,(H,13,15). The molecule has 0 bridgehead atoms. The molecule has 0 fully saturated rings. The van der Waals surface area contributed by atoms with E-state index in [0.29, 0.717) is 5.56 Å². The van der Waals surface area contributed by atoms with Gasteiger partial charge in [0.1, 0.15) is 5.00 Å². The number of benzene rings is 1. The van der Waals surface area contributed by atoms with E-state index in [1.165, 1.54) is 11.5 Å². The van der Waals surface area contributed by atoms with Gasteiger partial charge in [0.2, 0.25) is 0 Å². The maximum absolute atomic E-state index is 11.9. The second-order valence-corrected chi connectivity index (χ2v) is 5.23. The summed E-state index contributed by atoms with van der Waals surface area (Å²) in [5.41, 5.74) is 1.61. The Morgan fingerprint density at radius 2 is 2.19 bits per heavy atom. The molecule has 2 aromatic rings. The van der Waals surface area contributed by atoms with Crippen LogP contribution in [0.2, 0.25) is 0 Å². The fourth-order valence-corrected chi connectivity index (χ4v) is 2.54. The van der Waals surface area contributed by atoms with Crippen molar-refractivity contribution in [3.8, 4) is 0 Å². The van der Waals surface area contributed by atoms with Crippen molar-refractivity contribution in [1.82, 2.24) is 4.37 Å². The topological polar surface area (TPSA) is 42.0 Å². The van der Waals surface area contributed by atoms with Crippen LogP contribution in [-0.2, 0) is 0 Å². The minimum absolute atomic E-state index is 0.0892. The molecule has 1 aromatic heterocycles. The second-order valence-electron chi connectivity index (χ2n) is 3.27. The highest BCUT2D eigenvalue weighted by atomic mass is 127. The van der Waals surface area contributed by atoms with Gasteiger partial charge in [0.05, 0.1) is 11.3 Å². The molecule has 82 valence electrons. The van der Waals surface area contributed by atoms with Gasteiger partial charge in [-0.15, -0.1) is 0 Å². The van der Waals surface area contributed by atoms with Gasteiger partial charge in [-0.3, -0.25) is 4.79 Å². The number of halogens is 1. The zero-order chi connectivity index (χ0) is 11.5. The van der Waals surface area contributed by atoms with Gasteiger partial charge in [-0.2, -0.15) is 4.37 Å². The first-order chi connectivity index (χ1) is 7.66. The highest BCUT2D eigenvalue weighted by molar-refractivity contribution is 14.1. The number of rotatable bonds is 2. The smallest absolute Gasteiger partial charge is 0.257 e. The molecule has 0 spiro atoms. The van der Waals surface area contributed by atoms with Crippen LogP contribution in [0.4, 0.5) is 5.00 Å². The lowest BCUT2D eigenvalue weighted by molar-refractivity contribution is 0.102. The van der Waals surface area contributed by atoms with Crippen LogP contribution in [0.15, 0.2) is 30.3 Å². The predicted molar refractivity (Wildman–Crippen MR) is 74.0 cm³/mol. The van der Waals surface area contributed by atoms with E-state index in [1.54, 1.807) is 0 Å². The van der Waals surface area contributed by atoms with Crippen molar-refractivity contribution in [3.05, 3.63) is 45.2 Å². The number of hydrogen-bond acceptors (Lipinski definition) is 3. The summed E-state index contributed by atoms with van der Waals surface area (Å²) in [6.45, 7) is 1.90. The molecule has 0 radical (unpaired) electrons. The van der Waals surface area contributed by atoms with Crippen molar-refractivity contribution in [2.45, 2.75) is 6.92 Å². The minimum atomic E-state index is -0.0892. The summed E-state index contributed by atoms with van der Waals surface area (Å²) in [4.78, 5) is 11.9. The van der Waals surface area contributed by atoms with Crippen LogP contribution in [0.3, 0.4) is 0 Å². The Bertz CT molecular complexity index is 524. The summed E-state index contributed by atoms with van der Waals surface area (Å²) in [6, 6.07) is 9.35. The van der Waals surface area contributed by atoms with E-state index in [1.807, 2.05) is 37.3 Å². The third kappa shape index (κ3) is 2.59. The molecule has 1 N–H and O–H groups in total. The molecular weight excluding hydrogens is 335 g/mol. The molecule has 0 atom stereocenters. The van der Waals surface area contributed by atoms with Crippen LogP contribution in [0.1, 0.15) is 16.1 Å². The zero-order valence-corrected chi connectivity index (χ0v) is 11.5. The lowest BCUT2D eigenvalue weighted by Crippen LogP contribution is -2.12. The summed E-state index contributed by atoms with van der Waals surface area (Å²) in [5, 5.41) is 3.61. The van der Waals surface area contributed by atoms with Crippen molar-refractivity contribution in [1.29, 1.82) is 0 Å². The summed E-state index contributed by atoms with van der Waals surface area (Å²) >= 11 is 3.44. The first-order valence-electron chi connectivity index (χ1n) is 4.66. The Balaban J connectivity index is 2.18. The molecule has 16 heavy (non-hydrogen) atoms. The highest BCUT2D eigenvalue weighted by Gasteiger charge is 2.10. The van der Waals surface area contributed by atoms with E-state index < -0.39 is 0 Å². The Morgan fingerprint density at radius 1 is 1.44 bits per heavy atom. The monoisotopic (exact) mass is 344 g/mol. The number of nitrogens with one attached hydrogen (secondary N) is 1. The molecule has 0 saturated heterocycles. The van der Waals surface area contributed by atoms with Crippen LogP contribution < -0.4 is 5.32 Å². The molecule has 5 heteroatoms. The van der Waals surface area contributed by atoms with Crippen LogP contribution in [0, 0.1) is 10.5 Å². The molecule has 0 aliphatic heterocycles. The van der Waals surface area contributed by atoms with E-state index in [9.17, 15) is 4.79 Å². The summed E-state index contributed by atoms with van der Waals surface area (Å²) in [5.74, 6) is -0.0892. The number of hydrogen-bond donors (Lipinski definition) is 1. The van der Waals surface area contributed by atoms with Crippen LogP contribution >= 0.6 is 34.1 Å². The van der Waals surface area contributed by atoms with Gasteiger partial charge in [0.25, 0.3) is 5.91 Å². The SMILES string of the molecule is Cc1cc(NC(=O)c2ccccc2I)sn1. The summed E-state index contributed by atoms with van der Waals surface area (Å²) in [7, 11) is 0. The van der Waals surface area contributed by atoms with Crippen molar-refractivity contribution in [2.75, 3.05) is 5.32 Å². The molecule has 1 heterocycles. The van der Waals surface area contributed by atoms with Gasteiger partial charge in [-0.1, -0.05) is 12.1 Å². The Kier molecular flexibility index (Phi) is 3.55. The number of amides is 1. The van der Waals surface area contributed by atoms with Gasteiger partial charge < -0.3 is 5.32 Å².